The molecular weight excluding hydrogens is 241 g/mol. The number of aromatic amines is 1. The van der Waals surface area contributed by atoms with Crippen LogP contribution >= 0.6 is 0 Å². The van der Waals surface area contributed by atoms with E-state index in [0.717, 1.165) is 6.07 Å². The number of halogens is 3. The molecule has 0 atom stereocenters. The maximum Gasteiger partial charge on any atom is 0.574 e. The first-order valence-corrected chi connectivity index (χ1v) is 4.30. The van der Waals surface area contributed by atoms with E-state index in [-0.39, 0.29) is 17.7 Å². The third-order valence-corrected chi connectivity index (χ3v) is 1.76. The first-order valence-electron chi connectivity index (χ1n) is 4.30. The van der Waals surface area contributed by atoms with Gasteiger partial charge in [0.05, 0.1) is 25.2 Å². The molecule has 0 aliphatic heterocycles. The minimum Gasteiger partial charge on any atom is -0.496 e. The Hall–Kier alpha value is -2.17. The summed E-state index contributed by atoms with van der Waals surface area (Å²) in [4.78, 5) is 12.9. The number of nitrogens with one attached hydrogen (secondary N) is 1. The monoisotopic (exact) mass is 248 g/mol. The number of nitrogens with zero attached hydrogens (tertiary/aromatic N) is 1. The Morgan fingerprint density at radius 1 is 1.53 bits per heavy atom. The molecule has 0 fully saturated rings. The second kappa shape index (κ2) is 4.78. The van der Waals surface area contributed by atoms with Gasteiger partial charge in [0.15, 0.2) is 0 Å². The van der Waals surface area contributed by atoms with Crippen molar-refractivity contribution >= 4 is 0 Å². The van der Waals surface area contributed by atoms with Crippen LogP contribution in [0.1, 0.15) is 5.56 Å². The fourth-order valence-electron chi connectivity index (χ4n) is 1.17. The van der Waals surface area contributed by atoms with Crippen LogP contribution in [0.25, 0.3) is 0 Å². The quantitative estimate of drug-likeness (QED) is 0.875. The molecule has 0 bridgehead atoms. The molecule has 0 aromatic carbocycles. The van der Waals surface area contributed by atoms with Gasteiger partial charge in [0, 0.05) is 6.07 Å². The van der Waals surface area contributed by atoms with Crippen molar-refractivity contribution in [2.45, 2.75) is 12.8 Å². The topological polar surface area (TPSA) is 75.1 Å². The van der Waals surface area contributed by atoms with E-state index in [2.05, 4.69) is 4.74 Å². The minimum absolute atomic E-state index is 0.130. The highest BCUT2D eigenvalue weighted by molar-refractivity contribution is 5.41. The fourth-order valence-corrected chi connectivity index (χ4v) is 1.17. The van der Waals surface area contributed by atoms with Crippen molar-refractivity contribution in [3.8, 4) is 17.7 Å². The SMILES string of the molecule is COc1cc(=O)[nH]c(OC(F)(F)F)c1CC#N. The van der Waals surface area contributed by atoms with Crippen LogP contribution in [0.2, 0.25) is 0 Å². The van der Waals surface area contributed by atoms with Crippen molar-refractivity contribution in [3.63, 3.8) is 0 Å². The normalized spacial score (nSPS) is 10.8. The van der Waals surface area contributed by atoms with E-state index in [4.69, 9.17) is 10.00 Å². The van der Waals surface area contributed by atoms with Gasteiger partial charge in [-0.2, -0.15) is 5.26 Å². The van der Waals surface area contributed by atoms with Crippen molar-refractivity contribution in [1.82, 2.24) is 4.98 Å². The van der Waals surface area contributed by atoms with Crippen LogP contribution in [0, 0.1) is 11.3 Å². The third kappa shape index (κ3) is 3.41. The molecule has 0 saturated carbocycles. The van der Waals surface area contributed by atoms with Gasteiger partial charge >= 0.3 is 6.36 Å². The average Bonchev–Trinajstić information content (AvgIpc) is 2.19. The smallest absolute Gasteiger partial charge is 0.496 e. The van der Waals surface area contributed by atoms with Gasteiger partial charge in [-0.3, -0.25) is 9.78 Å². The lowest BCUT2D eigenvalue weighted by molar-refractivity contribution is -0.276. The minimum atomic E-state index is -4.96. The maximum atomic E-state index is 12.1. The molecule has 92 valence electrons. The van der Waals surface area contributed by atoms with Crippen molar-refractivity contribution in [1.29, 1.82) is 5.26 Å². The molecule has 1 aromatic rings. The van der Waals surface area contributed by atoms with Gasteiger partial charge in [-0.25, -0.2) is 0 Å². The number of alkyl halides is 3. The third-order valence-electron chi connectivity index (χ3n) is 1.76. The number of H-pyrrole nitrogens is 1. The molecule has 1 heterocycles. The van der Waals surface area contributed by atoms with Gasteiger partial charge in [-0.05, 0) is 0 Å². The molecule has 0 saturated heterocycles. The zero-order valence-corrected chi connectivity index (χ0v) is 8.59. The number of methoxy groups -OCH3 is 1. The largest absolute Gasteiger partial charge is 0.574 e. The lowest BCUT2D eigenvalue weighted by Gasteiger charge is -2.13. The Labute approximate surface area is 93.4 Å². The number of hydrogen-bond donors (Lipinski definition) is 1. The van der Waals surface area contributed by atoms with Crippen LogP contribution < -0.4 is 15.0 Å². The molecule has 0 aliphatic rings. The Balaban J connectivity index is 3.31. The molecule has 0 amide bonds. The van der Waals surface area contributed by atoms with Crippen molar-refractivity contribution in [2.75, 3.05) is 7.11 Å². The molecule has 5 nitrogen and oxygen atoms in total. The van der Waals surface area contributed by atoms with E-state index in [1.807, 2.05) is 4.98 Å². The van der Waals surface area contributed by atoms with Gasteiger partial charge in [0.2, 0.25) is 5.88 Å². The second-order valence-electron chi connectivity index (χ2n) is 2.89. The van der Waals surface area contributed by atoms with Gasteiger partial charge < -0.3 is 9.47 Å². The van der Waals surface area contributed by atoms with E-state index in [1.165, 1.54) is 7.11 Å². The van der Waals surface area contributed by atoms with Crippen molar-refractivity contribution < 1.29 is 22.6 Å². The van der Waals surface area contributed by atoms with Crippen LogP contribution in [0.15, 0.2) is 10.9 Å². The number of aromatic nitrogens is 1. The molecule has 1 N–H and O–H groups in total. The van der Waals surface area contributed by atoms with Gasteiger partial charge in [-0.15, -0.1) is 13.2 Å². The molecular formula is C9H7F3N2O3. The summed E-state index contributed by atoms with van der Waals surface area (Å²) >= 11 is 0. The van der Waals surface area contributed by atoms with Crippen LogP contribution in [-0.4, -0.2) is 18.5 Å². The van der Waals surface area contributed by atoms with Gasteiger partial charge in [-0.1, -0.05) is 0 Å². The first-order chi connectivity index (χ1) is 7.87. The summed E-state index contributed by atoms with van der Waals surface area (Å²) in [6.45, 7) is 0. The number of hydrogen-bond acceptors (Lipinski definition) is 4. The lowest BCUT2D eigenvalue weighted by Crippen LogP contribution is -2.21. The maximum absolute atomic E-state index is 12.1. The molecule has 0 aliphatic carbocycles. The zero-order chi connectivity index (χ0) is 13.1. The van der Waals surface area contributed by atoms with E-state index >= 15 is 0 Å². The molecule has 8 heteroatoms. The summed E-state index contributed by atoms with van der Waals surface area (Å²) in [6.07, 6.45) is -5.34. The average molecular weight is 248 g/mol. The van der Waals surface area contributed by atoms with E-state index in [1.54, 1.807) is 6.07 Å². The highest BCUT2D eigenvalue weighted by Crippen LogP contribution is 2.29. The van der Waals surface area contributed by atoms with E-state index in [9.17, 15) is 18.0 Å². The summed E-state index contributed by atoms with van der Waals surface area (Å²) in [5, 5.41) is 8.50. The highest BCUT2D eigenvalue weighted by Gasteiger charge is 2.33. The van der Waals surface area contributed by atoms with Gasteiger partial charge in [0.1, 0.15) is 5.75 Å². The number of nitriles is 1. The number of rotatable bonds is 3. The Morgan fingerprint density at radius 2 is 2.18 bits per heavy atom. The predicted molar refractivity (Wildman–Crippen MR) is 49.6 cm³/mol. The zero-order valence-electron chi connectivity index (χ0n) is 8.59. The Morgan fingerprint density at radius 3 is 2.65 bits per heavy atom. The molecule has 0 spiro atoms. The Kier molecular flexibility index (Phi) is 3.62. The van der Waals surface area contributed by atoms with Crippen LogP contribution in [0.5, 0.6) is 11.6 Å². The standard InChI is InChI=1S/C9H7F3N2O3/c1-16-6-4-7(15)14-8(5(6)2-3-13)17-9(10,11)12/h4H,2H2,1H3,(H,14,15). The summed E-state index contributed by atoms with van der Waals surface area (Å²) in [5.41, 5.74) is -0.977. The van der Waals surface area contributed by atoms with Gasteiger partial charge in [0.25, 0.3) is 5.56 Å². The van der Waals surface area contributed by atoms with Crippen LogP contribution in [0.4, 0.5) is 13.2 Å². The van der Waals surface area contributed by atoms with E-state index in [0.29, 0.717) is 0 Å². The summed E-state index contributed by atoms with van der Waals surface area (Å²) < 4.78 is 44.5. The van der Waals surface area contributed by atoms with Crippen molar-refractivity contribution in [3.05, 3.63) is 22.0 Å². The van der Waals surface area contributed by atoms with Crippen molar-refractivity contribution in [2.24, 2.45) is 0 Å². The Bertz CT molecular complexity index is 502. The summed E-state index contributed by atoms with van der Waals surface area (Å²) in [6, 6.07) is 2.60. The summed E-state index contributed by atoms with van der Waals surface area (Å²) in [7, 11) is 1.17. The van der Waals surface area contributed by atoms with E-state index < -0.39 is 17.8 Å². The second-order valence-corrected chi connectivity index (χ2v) is 2.89. The summed E-state index contributed by atoms with van der Waals surface area (Å²) in [5.74, 6) is -0.960. The number of ether oxygens (including phenoxy) is 2. The molecule has 0 radical (unpaired) electrons. The first kappa shape index (κ1) is 12.9. The molecule has 17 heavy (non-hydrogen) atoms. The molecule has 1 aromatic heterocycles. The van der Waals surface area contributed by atoms with Crippen LogP contribution in [0.3, 0.4) is 0 Å². The number of pyridine rings is 1. The molecule has 1 rings (SSSR count). The molecule has 0 unspecified atom stereocenters. The van der Waals surface area contributed by atoms with Crippen LogP contribution in [-0.2, 0) is 6.42 Å². The highest BCUT2D eigenvalue weighted by atomic mass is 19.4. The fraction of sp³-hybridized carbons (Fsp3) is 0.333. The predicted octanol–water partition coefficient (Wildman–Crippen LogP) is 1.35. The lowest BCUT2D eigenvalue weighted by atomic mass is 10.2.